The summed E-state index contributed by atoms with van der Waals surface area (Å²) in [5.74, 6) is 1.18. The van der Waals surface area contributed by atoms with Gasteiger partial charge in [-0.3, -0.25) is 0 Å². The van der Waals surface area contributed by atoms with E-state index in [4.69, 9.17) is 0 Å². The van der Waals surface area contributed by atoms with Crippen LogP contribution in [0.25, 0.3) is 0 Å². The second-order valence-electron chi connectivity index (χ2n) is 4.25. The zero-order chi connectivity index (χ0) is 11.9. The third kappa shape index (κ3) is 3.26. The van der Waals surface area contributed by atoms with Crippen LogP contribution < -0.4 is 0 Å². The van der Waals surface area contributed by atoms with Gasteiger partial charge in [0.2, 0.25) is 0 Å². The van der Waals surface area contributed by atoms with Crippen molar-refractivity contribution in [2.75, 3.05) is 18.6 Å². The van der Waals surface area contributed by atoms with Crippen LogP contribution in [0.5, 0.6) is 0 Å². The fourth-order valence-electron chi connectivity index (χ4n) is 2.15. The van der Waals surface area contributed by atoms with Crippen LogP contribution in [0.3, 0.4) is 0 Å². The van der Waals surface area contributed by atoms with E-state index in [0.717, 1.165) is 12.8 Å². The molecule has 0 aliphatic heterocycles. The van der Waals surface area contributed by atoms with E-state index >= 15 is 0 Å². The SMILES string of the molecule is CCC(CO)(CCCSC)c1ccccc1. The van der Waals surface area contributed by atoms with Gasteiger partial charge in [-0.15, -0.1) is 0 Å². The molecule has 0 saturated heterocycles. The summed E-state index contributed by atoms with van der Waals surface area (Å²) in [6, 6.07) is 10.4. The van der Waals surface area contributed by atoms with Crippen molar-refractivity contribution in [3.8, 4) is 0 Å². The van der Waals surface area contributed by atoms with Crippen LogP contribution in [0.15, 0.2) is 30.3 Å². The number of aliphatic hydroxyl groups is 1. The maximum atomic E-state index is 9.72. The minimum atomic E-state index is -0.0308. The molecule has 0 amide bonds. The molecule has 1 aromatic rings. The molecule has 0 aromatic heterocycles. The van der Waals surface area contributed by atoms with E-state index in [-0.39, 0.29) is 12.0 Å². The van der Waals surface area contributed by atoms with Crippen LogP contribution in [0.4, 0.5) is 0 Å². The number of benzene rings is 1. The summed E-state index contributed by atoms with van der Waals surface area (Å²) in [5, 5.41) is 9.72. The molecule has 1 nitrogen and oxygen atoms in total. The van der Waals surface area contributed by atoms with Gasteiger partial charge in [0.15, 0.2) is 0 Å². The summed E-state index contributed by atoms with van der Waals surface area (Å²) >= 11 is 1.88. The Morgan fingerprint density at radius 1 is 1.25 bits per heavy atom. The summed E-state index contributed by atoms with van der Waals surface area (Å²) in [7, 11) is 0. The lowest BCUT2D eigenvalue weighted by molar-refractivity contribution is 0.178. The van der Waals surface area contributed by atoms with Crippen LogP contribution in [0, 0.1) is 0 Å². The number of aliphatic hydroxyl groups excluding tert-OH is 1. The Labute approximate surface area is 103 Å². The molecule has 0 radical (unpaired) electrons. The lowest BCUT2D eigenvalue weighted by Gasteiger charge is -2.31. The number of thioether (sulfide) groups is 1. The van der Waals surface area contributed by atoms with E-state index in [2.05, 4.69) is 37.4 Å². The van der Waals surface area contributed by atoms with Crippen LogP contribution >= 0.6 is 11.8 Å². The van der Waals surface area contributed by atoms with Crippen LogP contribution in [0.2, 0.25) is 0 Å². The molecule has 0 heterocycles. The highest BCUT2D eigenvalue weighted by Crippen LogP contribution is 2.32. The summed E-state index contributed by atoms with van der Waals surface area (Å²) in [6.07, 6.45) is 5.38. The van der Waals surface area contributed by atoms with Gasteiger partial charge in [0.1, 0.15) is 0 Å². The minimum absolute atomic E-state index is 0.0308. The van der Waals surface area contributed by atoms with E-state index in [0.29, 0.717) is 0 Å². The van der Waals surface area contributed by atoms with Crippen LogP contribution in [-0.2, 0) is 5.41 Å². The van der Waals surface area contributed by atoms with E-state index in [1.165, 1.54) is 17.7 Å². The normalized spacial score (nSPS) is 14.7. The van der Waals surface area contributed by atoms with Gasteiger partial charge in [0.05, 0.1) is 6.61 Å². The Balaban J connectivity index is 2.79. The molecule has 1 aromatic carbocycles. The van der Waals surface area contributed by atoms with Gasteiger partial charge in [-0.25, -0.2) is 0 Å². The van der Waals surface area contributed by atoms with Crippen molar-refractivity contribution in [2.45, 2.75) is 31.6 Å². The Hall–Kier alpha value is -0.470. The highest BCUT2D eigenvalue weighted by molar-refractivity contribution is 7.98. The molecule has 0 bridgehead atoms. The third-order valence-electron chi connectivity index (χ3n) is 3.37. The van der Waals surface area contributed by atoms with Crippen molar-refractivity contribution < 1.29 is 5.11 Å². The van der Waals surface area contributed by atoms with E-state index in [1.54, 1.807) is 0 Å². The lowest BCUT2D eigenvalue weighted by atomic mass is 9.75. The second kappa shape index (κ2) is 6.97. The first-order chi connectivity index (χ1) is 7.79. The Bertz CT molecular complexity index is 280. The van der Waals surface area contributed by atoms with Gasteiger partial charge in [-0.1, -0.05) is 37.3 Å². The average molecular weight is 238 g/mol. The number of hydrogen-bond acceptors (Lipinski definition) is 2. The molecular weight excluding hydrogens is 216 g/mol. The molecule has 0 spiro atoms. The molecule has 0 aliphatic rings. The summed E-state index contributed by atoms with van der Waals surface area (Å²) in [6.45, 7) is 2.42. The van der Waals surface area contributed by atoms with Gasteiger partial charge in [0, 0.05) is 5.41 Å². The molecule has 1 rings (SSSR count). The average Bonchev–Trinajstić information content (AvgIpc) is 2.36. The molecular formula is C14H22OS. The smallest absolute Gasteiger partial charge is 0.0527 e. The van der Waals surface area contributed by atoms with Gasteiger partial charge in [0.25, 0.3) is 0 Å². The maximum absolute atomic E-state index is 9.72. The monoisotopic (exact) mass is 238 g/mol. The van der Waals surface area contributed by atoms with Gasteiger partial charge in [-0.2, -0.15) is 11.8 Å². The lowest BCUT2D eigenvalue weighted by Crippen LogP contribution is -2.30. The zero-order valence-electron chi connectivity index (χ0n) is 10.3. The minimum Gasteiger partial charge on any atom is -0.395 e. The Kier molecular flexibility index (Phi) is 5.93. The standard InChI is InChI=1S/C14H22OS/c1-3-14(12-15,10-7-11-16-2)13-8-5-4-6-9-13/h4-6,8-9,15H,3,7,10-12H2,1-2H3. The highest BCUT2D eigenvalue weighted by Gasteiger charge is 2.28. The van der Waals surface area contributed by atoms with Crippen LogP contribution in [0.1, 0.15) is 31.7 Å². The zero-order valence-corrected chi connectivity index (χ0v) is 11.1. The van der Waals surface area contributed by atoms with Gasteiger partial charge in [-0.05, 0) is 36.8 Å². The summed E-state index contributed by atoms with van der Waals surface area (Å²) in [4.78, 5) is 0. The first-order valence-electron chi connectivity index (χ1n) is 5.94. The van der Waals surface area contributed by atoms with E-state index in [9.17, 15) is 5.11 Å². The van der Waals surface area contributed by atoms with Crippen molar-refractivity contribution in [3.63, 3.8) is 0 Å². The van der Waals surface area contributed by atoms with Crippen molar-refractivity contribution in [1.82, 2.24) is 0 Å². The second-order valence-corrected chi connectivity index (χ2v) is 5.24. The molecule has 2 heteroatoms. The van der Waals surface area contributed by atoms with E-state index in [1.807, 2.05) is 17.8 Å². The maximum Gasteiger partial charge on any atom is 0.0527 e. The molecule has 1 unspecified atom stereocenters. The molecule has 0 fully saturated rings. The Morgan fingerprint density at radius 2 is 1.94 bits per heavy atom. The van der Waals surface area contributed by atoms with Gasteiger partial charge < -0.3 is 5.11 Å². The molecule has 90 valence electrons. The predicted molar refractivity (Wildman–Crippen MR) is 73.1 cm³/mol. The molecule has 0 saturated carbocycles. The topological polar surface area (TPSA) is 20.2 Å². The first-order valence-corrected chi connectivity index (χ1v) is 7.34. The number of hydrogen-bond donors (Lipinski definition) is 1. The summed E-state index contributed by atoms with van der Waals surface area (Å²) in [5.41, 5.74) is 1.25. The quantitative estimate of drug-likeness (QED) is 0.734. The largest absolute Gasteiger partial charge is 0.395 e. The van der Waals surface area contributed by atoms with Crippen molar-refractivity contribution in [2.24, 2.45) is 0 Å². The molecule has 1 N–H and O–H groups in total. The molecule has 0 aliphatic carbocycles. The Morgan fingerprint density at radius 3 is 2.44 bits per heavy atom. The van der Waals surface area contributed by atoms with Crippen LogP contribution in [-0.4, -0.2) is 23.7 Å². The third-order valence-corrected chi connectivity index (χ3v) is 4.07. The molecule has 16 heavy (non-hydrogen) atoms. The first kappa shape index (κ1) is 13.6. The van der Waals surface area contributed by atoms with Crippen molar-refractivity contribution in [3.05, 3.63) is 35.9 Å². The highest BCUT2D eigenvalue weighted by atomic mass is 32.2. The van der Waals surface area contributed by atoms with E-state index < -0.39 is 0 Å². The number of rotatable bonds is 7. The summed E-state index contributed by atoms with van der Waals surface area (Å²) < 4.78 is 0. The fraction of sp³-hybridized carbons (Fsp3) is 0.571. The van der Waals surface area contributed by atoms with Crippen molar-refractivity contribution in [1.29, 1.82) is 0 Å². The molecule has 1 atom stereocenters. The van der Waals surface area contributed by atoms with Crippen molar-refractivity contribution >= 4 is 11.8 Å². The van der Waals surface area contributed by atoms with Gasteiger partial charge >= 0.3 is 0 Å². The fourth-order valence-corrected chi connectivity index (χ4v) is 2.59. The predicted octanol–water partition coefficient (Wildman–Crippen LogP) is 3.47.